The van der Waals surface area contributed by atoms with Crippen molar-refractivity contribution in [1.82, 2.24) is 15.2 Å². The standard InChI is InChI=1S/C13H14BrF3N4/c1-21-12(10(14)7-19-21)11(20-18)6-8-3-2-4-9(5-8)13(15,16)17/h2-5,7,11,20H,6,18H2,1H3. The van der Waals surface area contributed by atoms with Gasteiger partial charge in [0.15, 0.2) is 0 Å². The van der Waals surface area contributed by atoms with Gasteiger partial charge in [-0.25, -0.2) is 0 Å². The molecule has 0 aliphatic heterocycles. The number of halogens is 4. The molecule has 1 unspecified atom stereocenters. The molecule has 0 bridgehead atoms. The Morgan fingerprint density at radius 3 is 2.67 bits per heavy atom. The minimum Gasteiger partial charge on any atom is -0.271 e. The van der Waals surface area contributed by atoms with Gasteiger partial charge >= 0.3 is 6.18 Å². The Labute approximate surface area is 128 Å². The molecule has 1 atom stereocenters. The highest BCUT2D eigenvalue weighted by Crippen LogP contribution is 2.31. The van der Waals surface area contributed by atoms with Crippen LogP contribution in [0.3, 0.4) is 0 Å². The molecule has 0 aliphatic rings. The van der Waals surface area contributed by atoms with E-state index in [0.717, 1.165) is 22.3 Å². The molecule has 0 saturated carbocycles. The number of nitrogens with one attached hydrogen (secondary N) is 1. The van der Waals surface area contributed by atoms with Crippen LogP contribution in [0.2, 0.25) is 0 Å². The van der Waals surface area contributed by atoms with Gasteiger partial charge in [-0.2, -0.15) is 18.3 Å². The Morgan fingerprint density at radius 2 is 2.14 bits per heavy atom. The quantitative estimate of drug-likeness (QED) is 0.649. The highest BCUT2D eigenvalue weighted by molar-refractivity contribution is 9.10. The first-order valence-corrected chi connectivity index (χ1v) is 6.92. The number of nitrogens with two attached hydrogens (primary N) is 1. The summed E-state index contributed by atoms with van der Waals surface area (Å²) in [6, 6.07) is 4.87. The summed E-state index contributed by atoms with van der Waals surface area (Å²) in [4.78, 5) is 0. The average molecular weight is 363 g/mol. The molecular weight excluding hydrogens is 349 g/mol. The van der Waals surface area contributed by atoms with Crippen LogP contribution in [0, 0.1) is 0 Å². The fourth-order valence-corrected chi connectivity index (χ4v) is 2.78. The van der Waals surface area contributed by atoms with E-state index < -0.39 is 11.7 Å². The predicted molar refractivity (Wildman–Crippen MR) is 76.1 cm³/mol. The monoisotopic (exact) mass is 362 g/mol. The molecule has 0 saturated heterocycles. The first-order chi connectivity index (χ1) is 9.82. The molecule has 0 radical (unpaired) electrons. The first-order valence-electron chi connectivity index (χ1n) is 6.12. The number of aryl methyl sites for hydroxylation is 1. The van der Waals surface area contributed by atoms with E-state index in [4.69, 9.17) is 5.84 Å². The first kappa shape index (κ1) is 16.0. The molecular formula is C13H14BrF3N4. The molecule has 4 nitrogen and oxygen atoms in total. The van der Waals surface area contributed by atoms with E-state index in [9.17, 15) is 13.2 Å². The Morgan fingerprint density at radius 1 is 1.43 bits per heavy atom. The summed E-state index contributed by atoms with van der Waals surface area (Å²) in [7, 11) is 1.75. The number of rotatable bonds is 4. The van der Waals surface area contributed by atoms with Gasteiger partial charge in [0.2, 0.25) is 0 Å². The largest absolute Gasteiger partial charge is 0.416 e. The van der Waals surface area contributed by atoms with Gasteiger partial charge < -0.3 is 0 Å². The number of hydrogen-bond acceptors (Lipinski definition) is 3. The maximum atomic E-state index is 12.7. The van der Waals surface area contributed by atoms with E-state index in [1.54, 1.807) is 24.0 Å². The predicted octanol–water partition coefficient (Wildman–Crippen LogP) is 2.95. The summed E-state index contributed by atoms with van der Waals surface area (Å²) in [6.07, 6.45) is -2.42. The van der Waals surface area contributed by atoms with Crippen LogP contribution in [-0.2, 0) is 19.6 Å². The summed E-state index contributed by atoms with van der Waals surface area (Å²) in [5.74, 6) is 5.54. The van der Waals surface area contributed by atoms with Crippen molar-refractivity contribution in [2.45, 2.75) is 18.6 Å². The molecule has 1 aromatic heterocycles. The Bertz CT molecular complexity index is 605. The number of aromatic nitrogens is 2. The topological polar surface area (TPSA) is 55.9 Å². The molecule has 3 N–H and O–H groups in total. The molecule has 0 spiro atoms. The number of hydrazine groups is 1. The molecule has 0 aliphatic carbocycles. The molecule has 114 valence electrons. The summed E-state index contributed by atoms with van der Waals surface area (Å²) in [5, 5.41) is 4.08. The second kappa shape index (κ2) is 6.17. The van der Waals surface area contributed by atoms with Crippen molar-refractivity contribution >= 4 is 15.9 Å². The van der Waals surface area contributed by atoms with Crippen molar-refractivity contribution in [2.75, 3.05) is 0 Å². The van der Waals surface area contributed by atoms with Crippen LogP contribution < -0.4 is 11.3 Å². The van der Waals surface area contributed by atoms with Gasteiger partial charge in [-0.15, -0.1) is 0 Å². The smallest absolute Gasteiger partial charge is 0.271 e. The summed E-state index contributed by atoms with van der Waals surface area (Å²) < 4.78 is 40.6. The lowest BCUT2D eigenvalue weighted by Crippen LogP contribution is -2.31. The fourth-order valence-electron chi connectivity index (χ4n) is 2.16. The fraction of sp³-hybridized carbons (Fsp3) is 0.308. The zero-order valence-electron chi connectivity index (χ0n) is 11.2. The van der Waals surface area contributed by atoms with Crippen molar-refractivity contribution in [1.29, 1.82) is 0 Å². The van der Waals surface area contributed by atoms with Gasteiger partial charge in [0.1, 0.15) is 0 Å². The van der Waals surface area contributed by atoms with E-state index in [1.807, 2.05) is 0 Å². The van der Waals surface area contributed by atoms with Crippen molar-refractivity contribution < 1.29 is 13.2 Å². The molecule has 2 rings (SSSR count). The van der Waals surface area contributed by atoms with E-state index in [0.29, 0.717) is 12.0 Å². The second-order valence-electron chi connectivity index (χ2n) is 4.62. The van der Waals surface area contributed by atoms with Gasteiger partial charge in [-0.05, 0) is 34.0 Å². The second-order valence-corrected chi connectivity index (χ2v) is 5.48. The van der Waals surface area contributed by atoms with Crippen LogP contribution in [0.5, 0.6) is 0 Å². The van der Waals surface area contributed by atoms with Gasteiger partial charge in [0, 0.05) is 7.05 Å². The summed E-state index contributed by atoms with van der Waals surface area (Å²) in [5.41, 5.74) is 3.27. The van der Waals surface area contributed by atoms with E-state index >= 15 is 0 Å². The lowest BCUT2D eigenvalue weighted by molar-refractivity contribution is -0.137. The van der Waals surface area contributed by atoms with Crippen molar-refractivity contribution in [3.63, 3.8) is 0 Å². The zero-order chi connectivity index (χ0) is 15.6. The van der Waals surface area contributed by atoms with Crippen LogP contribution in [-0.4, -0.2) is 9.78 Å². The van der Waals surface area contributed by atoms with Crippen molar-refractivity contribution in [3.8, 4) is 0 Å². The number of hydrogen-bond donors (Lipinski definition) is 2. The maximum Gasteiger partial charge on any atom is 0.416 e. The van der Waals surface area contributed by atoms with E-state index in [1.165, 1.54) is 6.07 Å². The SMILES string of the molecule is Cn1ncc(Br)c1C(Cc1cccc(C(F)(F)F)c1)NN. The molecule has 0 amide bonds. The third-order valence-corrected chi connectivity index (χ3v) is 3.77. The lowest BCUT2D eigenvalue weighted by atomic mass is 10.0. The van der Waals surface area contributed by atoms with Gasteiger partial charge in [-0.1, -0.05) is 18.2 Å². The lowest BCUT2D eigenvalue weighted by Gasteiger charge is -2.18. The molecule has 1 aromatic carbocycles. The van der Waals surface area contributed by atoms with E-state index in [-0.39, 0.29) is 6.04 Å². The third-order valence-electron chi connectivity index (χ3n) is 3.16. The Kier molecular flexibility index (Phi) is 4.70. The van der Waals surface area contributed by atoms with Gasteiger partial charge in [0.05, 0.1) is 28.0 Å². The number of alkyl halides is 3. The van der Waals surface area contributed by atoms with Crippen LogP contribution in [0.25, 0.3) is 0 Å². The maximum absolute atomic E-state index is 12.7. The minimum atomic E-state index is -4.35. The van der Waals surface area contributed by atoms with E-state index in [2.05, 4.69) is 26.5 Å². The third kappa shape index (κ3) is 3.63. The summed E-state index contributed by atoms with van der Waals surface area (Å²) in [6.45, 7) is 0. The molecule has 2 aromatic rings. The Balaban J connectivity index is 2.28. The normalized spacial score (nSPS) is 13.4. The van der Waals surface area contributed by atoms with Crippen LogP contribution >= 0.6 is 15.9 Å². The number of nitrogens with zero attached hydrogens (tertiary/aromatic N) is 2. The van der Waals surface area contributed by atoms with Crippen LogP contribution in [0.4, 0.5) is 13.2 Å². The van der Waals surface area contributed by atoms with Crippen molar-refractivity contribution in [3.05, 3.63) is 51.8 Å². The molecule has 8 heteroatoms. The summed E-state index contributed by atoms with van der Waals surface area (Å²) >= 11 is 3.36. The van der Waals surface area contributed by atoms with Crippen molar-refractivity contribution in [2.24, 2.45) is 12.9 Å². The van der Waals surface area contributed by atoms with Crippen LogP contribution in [0.15, 0.2) is 34.9 Å². The van der Waals surface area contributed by atoms with Gasteiger partial charge in [-0.3, -0.25) is 16.0 Å². The number of benzene rings is 1. The minimum absolute atomic E-state index is 0.318. The van der Waals surface area contributed by atoms with Crippen LogP contribution in [0.1, 0.15) is 22.9 Å². The molecule has 0 fully saturated rings. The van der Waals surface area contributed by atoms with Gasteiger partial charge in [0.25, 0.3) is 0 Å². The average Bonchev–Trinajstić information content (AvgIpc) is 2.75. The Hall–Kier alpha value is -1.38. The molecule has 21 heavy (non-hydrogen) atoms. The highest BCUT2D eigenvalue weighted by atomic mass is 79.9. The zero-order valence-corrected chi connectivity index (χ0v) is 12.7. The highest BCUT2D eigenvalue weighted by Gasteiger charge is 2.30. The molecule has 1 heterocycles.